The number of carbonyl (C=O) groups excluding carboxylic acids is 1. The number of carbonyl (C=O) groups is 1. The van der Waals surface area contributed by atoms with Crippen LogP contribution in [0.3, 0.4) is 0 Å². The quantitative estimate of drug-likeness (QED) is 0.898. The SMILES string of the molecule is COc1ccc(Br)c(NC(=O)C2NCCCC2C)c1. The van der Waals surface area contributed by atoms with Gasteiger partial charge in [0.25, 0.3) is 0 Å². The number of rotatable bonds is 3. The summed E-state index contributed by atoms with van der Waals surface area (Å²) in [6, 6.07) is 5.41. The van der Waals surface area contributed by atoms with E-state index in [0.717, 1.165) is 35.3 Å². The average molecular weight is 327 g/mol. The van der Waals surface area contributed by atoms with Crippen molar-refractivity contribution < 1.29 is 9.53 Å². The zero-order valence-corrected chi connectivity index (χ0v) is 12.8. The van der Waals surface area contributed by atoms with Gasteiger partial charge in [-0.1, -0.05) is 6.92 Å². The van der Waals surface area contributed by atoms with Crippen LogP contribution in [0.1, 0.15) is 19.8 Å². The highest BCUT2D eigenvalue weighted by Gasteiger charge is 2.27. The number of anilines is 1. The van der Waals surface area contributed by atoms with E-state index in [-0.39, 0.29) is 11.9 Å². The maximum Gasteiger partial charge on any atom is 0.241 e. The highest BCUT2D eigenvalue weighted by molar-refractivity contribution is 9.10. The molecule has 0 radical (unpaired) electrons. The maximum atomic E-state index is 12.3. The van der Waals surface area contributed by atoms with Crippen LogP contribution in [0.4, 0.5) is 5.69 Å². The Morgan fingerprint density at radius 1 is 1.53 bits per heavy atom. The predicted octanol–water partition coefficient (Wildman–Crippen LogP) is 2.78. The number of halogens is 1. The van der Waals surface area contributed by atoms with Gasteiger partial charge in [-0.05, 0) is 53.4 Å². The number of amides is 1. The van der Waals surface area contributed by atoms with E-state index < -0.39 is 0 Å². The van der Waals surface area contributed by atoms with Crippen molar-refractivity contribution in [1.29, 1.82) is 0 Å². The van der Waals surface area contributed by atoms with Gasteiger partial charge < -0.3 is 15.4 Å². The molecule has 0 aliphatic carbocycles. The zero-order valence-electron chi connectivity index (χ0n) is 11.2. The summed E-state index contributed by atoms with van der Waals surface area (Å²) < 4.78 is 6.02. The first-order valence-corrected chi connectivity index (χ1v) is 7.29. The summed E-state index contributed by atoms with van der Waals surface area (Å²) >= 11 is 3.44. The first kappa shape index (κ1) is 14.3. The molecule has 2 N–H and O–H groups in total. The molecule has 4 nitrogen and oxygen atoms in total. The van der Waals surface area contributed by atoms with Crippen molar-refractivity contribution >= 4 is 27.5 Å². The Bertz CT molecular complexity index is 465. The van der Waals surface area contributed by atoms with E-state index in [9.17, 15) is 4.79 Å². The fourth-order valence-electron chi connectivity index (χ4n) is 2.34. The lowest BCUT2D eigenvalue weighted by molar-refractivity contribution is -0.119. The molecule has 1 aromatic carbocycles. The maximum absolute atomic E-state index is 12.3. The largest absolute Gasteiger partial charge is 0.497 e. The van der Waals surface area contributed by atoms with E-state index in [1.54, 1.807) is 7.11 Å². The fourth-order valence-corrected chi connectivity index (χ4v) is 2.68. The predicted molar refractivity (Wildman–Crippen MR) is 79.5 cm³/mol. The Labute approximate surface area is 122 Å². The molecule has 5 heteroatoms. The topological polar surface area (TPSA) is 50.4 Å². The molecule has 0 bridgehead atoms. The third kappa shape index (κ3) is 3.48. The van der Waals surface area contributed by atoms with E-state index >= 15 is 0 Å². The van der Waals surface area contributed by atoms with E-state index in [1.165, 1.54) is 0 Å². The second-order valence-corrected chi connectivity index (χ2v) is 5.74. The number of methoxy groups -OCH3 is 1. The Kier molecular flexibility index (Phi) is 4.82. The van der Waals surface area contributed by atoms with Crippen molar-refractivity contribution in [3.05, 3.63) is 22.7 Å². The normalized spacial score (nSPS) is 22.9. The molecule has 0 aromatic heterocycles. The lowest BCUT2D eigenvalue weighted by Crippen LogP contribution is -2.48. The van der Waals surface area contributed by atoms with Crippen molar-refractivity contribution in [2.24, 2.45) is 5.92 Å². The molecule has 0 spiro atoms. The Balaban J connectivity index is 2.09. The summed E-state index contributed by atoms with van der Waals surface area (Å²) in [5.74, 6) is 1.10. The minimum absolute atomic E-state index is 0.0150. The van der Waals surface area contributed by atoms with Crippen LogP contribution in [0.25, 0.3) is 0 Å². The summed E-state index contributed by atoms with van der Waals surface area (Å²) in [6.07, 6.45) is 2.22. The fraction of sp³-hybridized carbons (Fsp3) is 0.500. The van der Waals surface area contributed by atoms with Crippen LogP contribution in [0.15, 0.2) is 22.7 Å². The van der Waals surface area contributed by atoms with E-state index in [2.05, 4.69) is 33.5 Å². The Morgan fingerprint density at radius 3 is 3.00 bits per heavy atom. The second kappa shape index (κ2) is 6.39. The molecule has 1 aromatic rings. The van der Waals surface area contributed by atoms with Gasteiger partial charge in [0.1, 0.15) is 5.75 Å². The van der Waals surface area contributed by atoms with Gasteiger partial charge in [0.2, 0.25) is 5.91 Å². The highest BCUT2D eigenvalue weighted by atomic mass is 79.9. The van der Waals surface area contributed by atoms with Crippen LogP contribution >= 0.6 is 15.9 Å². The summed E-state index contributed by atoms with van der Waals surface area (Å²) in [4.78, 5) is 12.3. The standard InChI is InChI=1S/C14H19BrN2O2/c1-9-4-3-7-16-13(9)14(18)17-12-8-10(19-2)5-6-11(12)15/h5-6,8-9,13,16H,3-4,7H2,1-2H3,(H,17,18). The van der Waals surface area contributed by atoms with Crippen LogP contribution in [-0.2, 0) is 4.79 Å². The van der Waals surface area contributed by atoms with Gasteiger partial charge in [0.15, 0.2) is 0 Å². The summed E-state index contributed by atoms with van der Waals surface area (Å²) in [5, 5.41) is 6.24. The molecule has 1 heterocycles. The summed E-state index contributed by atoms with van der Waals surface area (Å²) in [5.41, 5.74) is 0.740. The van der Waals surface area contributed by atoms with Crippen molar-refractivity contribution in [3.8, 4) is 5.75 Å². The molecule has 2 unspecified atom stereocenters. The van der Waals surface area contributed by atoms with Gasteiger partial charge in [-0.3, -0.25) is 4.79 Å². The molecule has 0 saturated carbocycles. The highest BCUT2D eigenvalue weighted by Crippen LogP contribution is 2.28. The molecular formula is C14H19BrN2O2. The smallest absolute Gasteiger partial charge is 0.241 e. The summed E-state index contributed by atoms with van der Waals surface area (Å²) in [7, 11) is 1.61. The van der Waals surface area contributed by atoms with Gasteiger partial charge in [-0.2, -0.15) is 0 Å². The number of hydrogen-bond donors (Lipinski definition) is 2. The molecule has 2 atom stereocenters. The van der Waals surface area contributed by atoms with Crippen LogP contribution in [-0.4, -0.2) is 25.6 Å². The molecule has 1 fully saturated rings. The number of nitrogens with one attached hydrogen (secondary N) is 2. The minimum atomic E-state index is -0.119. The van der Waals surface area contributed by atoms with E-state index in [0.29, 0.717) is 5.92 Å². The first-order valence-electron chi connectivity index (χ1n) is 6.49. The summed E-state index contributed by atoms with van der Waals surface area (Å²) in [6.45, 7) is 3.01. The van der Waals surface area contributed by atoms with Crippen LogP contribution in [0.5, 0.6) is 5.75 Å². The molecule has 1 amide bonds. The lowest BCUT2D eigenvalue weighted by Gasteiger charge is -2.29. The third-order valence-electron chi connectivity index (χ3n) is 3.48. The van der Waals surface area contributed by atoms with Crippen LogP contribution in [0.2, 0.25) is 0 Å². The molecule has 1 aliphatic heterocycles. The molecule has 1 saturated heterocycles. The average Bonchev–Trinajstić information content (AvgIpc) is 2.41. The van der Waals surface area contributed by atoms with Crippen LogP contribution < -0.4 is 15.4 Å². The third-order valence-corrected chi connectivity index (χ3v) is 4.17. The Hall–Kier alpha value is -1.07. The number of hydrogen-bond acceptors (Lipinski definition) is 3. The molecule has 19 heavy (non-hydrogen) atoms. The van der Waals surface area contributed by atoms with E-state index in [1.807, 2.05) is 18.2 Å². The molecule has 104 valence electrons. The first-order chi connectivity index (χ1) is 9.11. The van der Waals surface area contributed by atoms with E-state index in [4.69, 9.17) is 4.74 Å². The van der Waals surface area contributed by atoms with Crippen molar-refractivity contribution in [1.82, 2.24) is 5.32 Å². The van der Waals surface area contributed by atoms with Gasteiger partial charge in [-0.15, -0.1) is 0 Å². The van der Waals surface area contributed by atoms with Gasteiger partial charge in [0.05, 0.1) is 18.8 Å². The molecule has 2 rings (SSSR count). The van der Waals surface area contributed by atoms with Crippen molar-refractivity contribution in [2.45, 2.75) is 25.8 Å². The van der Waals surface area contributed by atoms with Gasteiger partial charge >= 0.3 is 0 Å². The minimum Gasteiger partial charge on any atom is -0.497 e. The van der Waals surface area contributed by atoms with Crippen molar-refractivity contribution in [2.75, 3.05) is 19.0 Å². The number of ether oxygens (including phenoxy) is 1. The Morgan fingerprint density at radius 2 is 2.32 bits per heavy atom. The number of benzene rings is 1. The van der Waals surface area contributed by atoms with Gasteiger partial charge in [-0.25, -0.2) is 0 Å². The molecular weight excluding hydrogens is 308 g/mol. The van der Waals surface area contributed by atoms with Crippen molar-refractivity contribution in [3.63, 3.8) is 0 Å². The number of piperidine rings is 1. The second-order valence-electron chi connectivity index (χ2n) is 4.89. The zero-order chi connectivity index (χ0) is 13.8. The van der Waals surface area contributed by atoms with Gasteiger partial charge in [0, 0.05) is 10.5 Å². The molecule has 1 aliphatic rings. The lowest BCUT2D eigenvalue weighted by atomic mass is 9.92. The monoisotopic (exact) mass is 326 g/mol. The van der Waals surface area contributed by atoms with Crippen LogP contribution in [0, 0.1) is 5.92 Å².